The van der Waals surface area contributed by atoms with Gasteiger partial charge in [-0.15, -0.1) is 0 Å². The van der Waals surface area contributed by atoms with Crippen LogP contribution in [0.3, 0.4) is 0 Å². The van der Waals surface area contributed by atoms with Gasteiger partial charge in [-0.3, -0.25) is 4.79 Å². The average Bonchev–Trinajstić information content (AvgIpc) is 2.76. The third-order valence-corrected chi connectivity index (χ3v) is 4.91. The van der Waals surface area contributed by atoms with Crippen LogP contribution in [0, 0.1) is 0 Å². The lowest BCUT2D eigenvalue weighted by atomic mass is 10.0. The van der Waals surface area contributed by atoms with Crippen molar-refractivity contribution in [2.24, 2.45) is 0 Å². The molecule has 0 unspecified atom stereocenters. The minimum atomic E-state index is -0.124. The van der Waals surface area contributed by atoms with E-state index in [9.17, 15) is 4.79 Å². The number of carbonyl (C=O) groups is 1. The van der Waals surface area contributed by atoms with Crippen molar-refractivity contribution in [1.29, 1.82) is 0 Å². The summed E-state index contributed by atoms with van der Waals surface area (Å²) in [6.07, 6.45) is 3.38. The largest absolute Gasteiger partial charge is 0.492 e. The van der Waals surface area contributed by atoms with Gasteiger partial charge in [-0.25, -0.2) is 0 Å². The van der Waals surface area contributed by atoms with Gasteiger partial charge in [0.2, 0.25) is 5.91 Å². The van der Waals surface area contributed by atoms with Crippen molar-refractivity contribution in [3.05, 3.63) is 65.7 Å². The molecule has 2 aromatic carbocycles. The van der Waals surface area contributed by atoms with Crippen molar-refractivity contribution in [2.75, 3.05) is 44.4 Å². The third kappa shape index (κ3) is 6.64. The third-order valence-electron chi connectivity index (χ3n) is 4.91. The van der Waals surface area contributed by atoms with Gasteiger partial charge in [0, 0.05) is 24.9 Å². The van der Waals surface area contributed by atoms with E-state index in [0.29, 0.717) is 19.1 Å². The van der Waals surface area contributed by atoms with E-state index in [1.165, 1.54) is 11.3 Å². The van der Waals surface area contributed by atoms with E-state index in [0.717, 1.165) is 37.6 Å². The standard InChI is InChI=1S/C24H30N2O3/c1-19(2)21-6-10-23(11-7-21)29-16-13-25-24(27)12-5-20-3-8-22(9-4-20)26-14-17-28-18-15-26/h3-12,19H,13-18H2,1-2H3,(H,25,27)/b12-5+. The Labute approximate surface area is 173 Å². The van der Waals surface area contributed by atoms with Crippen LogP contribution in [-0.2, 0) is 9.53 Å². The highest BCUT2D eigenvalue weighted by molar-refractivity contribution is 5.91. The van der Waals surface area contributed by atoms with E-state index in [-0.39, 0.29) is 5.91 Å². The van der Waals surface area contributed by atoms with Crippen molar-refractivity contribution in [1.82, 2.24) is 5.32 Å². The maximum absolute atomic E-state index is 12.0. The van der Waals surface area contributed by atoms with Crippen LogP contribution in [0.25, 0.3) is 6.08 Å². The average molecular weight is 395 g/mol. The number of amides is 1. The molecule has 0 bridgehead atoms. The van der Waals surface area contributed by atoms with E-state index in [1.54, 1.807) is 6.08 Å². The number of carbonyl (C=O) groups excluding carboxylic acids is 1. The van der Waals surface area contributed by atoms with Gasteiger partial charge in [-0.1, -0.05) is 38.1 Å². The molecule has 29 heavy (non-hydrogen) atoms. The molecule has 1 aliphatic rings. The summed E-state index contributed by atoms with van der Waals surface area (Å²) in [6, 6.07) is 16.3. The second kappa shape index (κ2) is 10.7. The number of nitrogens with one attached hydrogen (secondary N) is 1. The van der Waals surface area contributed by atoms with Crippen LogP contribution in [0.4, 0.5) is 5.69 Å². The van der Waals surface area contributed by atoms with Crippen LogP contribution in [0.2, 0.25) is 0 Å². The van der Waals surface area contributed by atoms with Gasteiger partial charge in [-0.05, 0) is 47.4 Å². The molecule has 0 atom stereocenters. The molecule has 5 heteroatoms. The Bertz CT molecular complexity index is 792. The highest BCUT2D eigenvalue weighted by atomic mass is 16.5. The summed E-state index contributed by atoms with van der Waals surface area (Å²) in [4.78, 5) is 14.3. The van der Waals surface area contributed by atoms with Crippen LogP contribution in [0.15, 0.2) is 54.6 Å². The number of hydrogen-bond acceptors (Lipinski definition) is 4. The Morgan fingerprint density at radius 1 is 1.10 bits per heavy atom. The van der Waals surface area contributed by atoms with Crippen LogP contribution in [0.5, 0.6) is 5.75 Å². The first-order valence-corrected chi connectivity index (χ1v) is 10.2. The van der Waals surface area contributed by atoms with Gasteiger partial charge in [0.25, 0.3) is 0 Å². The lowest BCUT2D eigenvalue weighted by molar-refractivity contribution is -0.116. The van der Waals surface area contributed by atoms with Crippen LogP contribution in [-0.4, -0.2) is 45.4 Å². The maximum Gasteiger partial charge on any atom is 0.244 e. The van der Waals surface area contributed by atoms with Gasteiger partial charge < -0.3 is 19.7 Å². The summed E-state index contributed by atoms with van der Waals surface area (Å²) >= 11 is 0. The second-order valence-corrected chi connectivity index (χ2v) is 7.39. The number of anilines is 1. The molecule has 2 aromatic rings. The SMILES string of the molecule is CC(C)c1ccc(OCCNC(=O)/C=C/c2ccc(N3CCOCC3)cc2)cc1. The quantitative estimate of drug-likeness (QED) is 0.546. The Morgan fingerprint density at radius 2 is 1.79 bits per heavy atom. The van der Waals surface area contributed by atoms with Crippen molar-refractivity contribution < 1.29 is 14.3 Å². The summed E-state index contributed by atoms with van der Waals surface area (Å²) in [6.45, 7) is 8.61. The normalized spacial score (nSPS) is 14.4. The van der Waals surface area contributed by atoms with Gasteiger partial charge >= 0.3 is 0 Å². The molecule has 0 saturated carbocycles. The molecular formula is C24H30N2O3. The van der Waals surface area contributed by atoms with E-state index >= 15 is 0 Å². The fourth-order valence-corrected chi connectivity index (χ4v) is 3.14. The van der Waals surface area contributed by atoms with Crippen molar-refractivity contribution >= 4 is 17.7 Å². The molecule has 0 aromatic heterocycles. The maximum atomic E-state index is 12.0. The summed E-state index contributed by atoms with van der Waals surface area (Å²) < 4.78 is 11.1. The van der Waals surface area contributed by atoms with E-state index in [1.807, 2.05) is 30.3 Å². The van der Waals surface area contributed by atoms with E-state index in [4.69, 9.17) is 9.47 Å². The predicted octanol–water partition coefficient (Wildman–Crippen LogP) is 3.86. The zero-order chi connectivity index (χ0) is 20.5. The minimum absolute atomic E-state index is 0.124. The van der Waals surface area contributed by atoms with E-state index in [2.05, 4.69) is 48.3 Å². The number of nitrogens with zero attached hydrogens (tertiary/aromatic N) is 1. The molecule has 1 saturated heterocycles. The number of morpholine rings is 1. The topological polar surface area (TPSA) is 50.8 Å². The molecule has 0 spiro atoms. The van der Waals surface area contributed by atoms with Crippen molar-refractivity contribution in [3.63, 3.8) is 0 Å². The van der Waals surface area contributed by atoms with Gasteiger partial charge in [0.15, 0.2) is 0 Å². The van der Waals surface area contributed by atoms with Crippen LogP contribution < -0.4 is 15.0 Å². The number of ether oxygens (including phenoxy) is 2. The Morgan fingerprint density at radius 3 is 2.45 bits per heavy atom. The van der Waals surface area contributed by atoms with Crippen molar-refractivity contribution in [2.45, 2.75) is 19.8 Å². The summed E-state index contributed by atoms with van der Waals surface area (Å²) in [7, 11) is 0. The fourth-order valence-electron chi connectivity index (χ4n) is 3.14. The molecule has 1 aliphatic heterocycles. The molecule has 0 aliphatic carbocycles. The monoisotopic (exact) mass is 394 g/mol. The zero-order valence-electron chi connectivity index (χ0n) is 17.3. The Balaban J connectivity index is 1.38. The van der Waals surface area contributed by atoms with E-state index < -0.39 is 0 Å². The van der Waals surface area contributed by atoms with Gasteiger partial charge in [0.1, 0.15) is 12.4 Å². The van der Waals surface area contributed by atoms with Gasteiger partial charge in [-0.2, -0.15) is 0 Å². The summed E-state index contributed by atoms with van der Waals surface area (Å²) in [5.41, 5.74) is 3.47. The Kier molecular flexibility index (Phi) is 7.70. The molecular weight excluding hydrogens is 364 g/mol. The molecule has 1 amide bonds. The molecule has 1 fully saturated rings. The molecule has 3 rings (SSSR count). The van der Waals surface area contributed by atoms with Crippen molar-refractivity contribution in [3.8, 4) is 5.75 Å². The molecule has 0 radical (unpaired) electrons. The highest BCUT2D eigenvalue weighted by Gasteiger charge is 2.10. The summed E-state index contributed by atoms with van der Waals surface area (Å²) in [5.74, 6) is 1.20. The molecule has 1 N–H and O–H groups in total. The first-order chi connectivity index (χ1) is 14.1. The lowest BCUT2D eigenvalue weighted by Crippen LogP contribution is -2.36. The summed E-state index contributed by atoms with van der Waals surface area (Å²) in [5, 5.41) is 2.84. The first kappa shape index (κ1) is 20.9. The first-order valence-electron chi connectivity index (χ1n) is 10.2. The smallest absolute Gasteiger partial charge is 0.244 e. The van der Waals surface area contributed by atoms with Gasteiger partial charge in [0.05, 0.1) is 19.8 Å². The number of hydrogen-bond donors (Lipinski definition) is 1. The lowest BCUT2D eigenvalue weighted by Gasteiger charge is -2.28. The van der Waals surface area contributed by atoms with Crippen LogP contribution in [0.1, 0.15) is 30.9 Å². The van der Waals surface area contributed by atoms with Crippen LogP contribution >= 0.6 is 0 Å². The second-order valence-electron chi connectivity index (χ2n) is 7.39. The molecule has 5 nitrogen and oxygen atoms in total. The highest BCUT2D eigenvalue weighted by Crippen LogP contribution is 2.19. The molecule has 1 heterocycles. The zero-order valence-corrected chi connectivity index (χ0v) is 17.3. The minimum Gasteiger partial charge on any atom is -0.492 e. The number of benzene rings is 2. The fraction of sp³-hybridized carbons (Fsp3) is 0.375. The predicted molar refractivity (Wildman–Crippen MR) is 118 cm³/mol. The Hall–Kier alpha value is -2.79. The molecule has 154 valence electrons. The number of rotatable bonds is 8.